The summed E-state index contributed by atoms with van der Waals surface area (Å²) in [5.74, 6) is -0.150. The molecule has 0 bridgehead atoms. The summed E-state index contributed by atoms with van der Waals surface area (Å²) >= 11 is 6.06. The molecule has 2 aromatic heterocycles. The van der Waals surface area contributed by atoms with Gasteiger partial charge in [-0.3, -0.25) is 4.98 Å². The lowest BCUT2D eigenvalue weighted by atomic mass is 9.91. The van der Waals surface area contributed by atoms with Gasteiger partial charge in [-0.1, -0.05) is 18.2 Å². The van der Waals surface area contributed by atoms with Crippen LogP contribution in [0.4, 0.5) is 15.0 Å². The smallest absolute Gasteiger partial charge is 0.407 e. The third kappa shape index (κ3) is 6.13. The van der Waals surface area contributed by atoms with E-state index in [1.165, 1.54) is 0 Å². The molecule has 0 saturated heterocycles. The van der Waals surface area contributed by atoms with Crippen molar-refractivity contribution >= 4 is 29.1 Å². The maximum atomic E-state index is 14.4. The first kappa shape index (κ1) is 22.9. The van der Waals surface area contributed by atoms with Crippen molar-refractivity contribution in [3.8, 4) is 0 Å². The Morgan fingerprint density at radius 3 is 2.77 bits per heavy atom. The van der Waals surface area contributed by atoms with E-state index in [2.05, 4.69) is 32.2 Å². The minimum absolute atomic E-state index is 0.0433. The zero-order valence-electron chi connectivity index (χ0n) is 17.9. The van der Waals surface area contributed by atoms with E-state index in [1.54, 1.807) is 26.1 Å². The minimum atomic E-state index is -0.549. The monoisotopic (exact) mass is 447 g/mol. The van der Waals surface area contributed by atoms with Gasteiger partial charge in [0.05, 0.1) is 17.3 Å². The molecular weight excluding hydrogens is 421 g/mol. The maximum absolute atomic E-state index is 14.4. The van der Waals surface area contributed by atoms with Crippen molar-refractivity contribution in [1.29, 1.82) is 0 Å². The van der Waals surface area contributed by atoms with Gasteiger partial charge in [0.25, 0.3) is 0 Å². The Bertz CT molecular complexity index is 969. The van der Waals surface area contributed by atoms with Gasteiger partial charge in [0, 0.05) is 35.1 Å². The molecule has 1 saturated carbocycles. The summed E-state index contributed by atoms with van der Waals surface area (Å²) in [7, 11) is 0. The Labute approximate surface area is 186 Å². The van der Waals surface area contributed by atoms with Crippen LogP contribution in [0.25, 0.3) is 5.57 Å². The Morgan fingerprint density at radius 2 is 2.03 bits per heavy atom. The van der Waals surface area contributed by atoms with Crippen molar-refractivity contribution < 1.29 is 13.9 Å². The molecule has 2 N–H and O–H groups in total. The van der Waals surface area contributed by atoms with Crippen molar-refractivity contribution in [3.63, 3.8) is 0 Å². The summed E-state index contributed by atoms with van der Waals surface area (Å²) in [6.45, 7) is 9.48. The van der Waals surface area contributed by atoms with Gasteiger partial charge in [0.1, 0.15) is 0 Å². The van der Waals surface area contributed by atoms with Gasteiger partial charge in [-0.15, -0.1) is 0 Å². The number of aryl methyl sites for hydroxylation is 1. The van der Waals surface area contributed by atoms with E-state index in [4.69, 9.17) is 16.3 Å². The molecule has 0 aromatic carbocycles. The normalized spacial score (nSPS) is 18.5. The topological polar surface area (TPSA) is 89.0 Å². The zero-order chi connectivity index (χ0) is 22.5. The number of aromatic nitrogens is 3. The van der Waals surface area contributed by atoms with Crippen molar-refractivity contribution in [2.75, 3.05) is 5.32 Å². The van der Waals surface area contributed by atoms with E-state index >= 15 is 0 Å². The summed E-state index contributed by atoms with van der Waals surface area (Å²) in [6.07, 6.45) is 5.29. The van der Waals surface area contributed by atoms with E-state index in [0.29, 0.717) is 28.4 Å². The number of halogens is 2. The highest BCUT2D eigenvalue weighted by atomic mass is 35.5. The van der Waals surface area contributed by atoms with Gasteiger partial charge >= 0.3 is 6.09 Å². The molecule has 1 aliphatic carbocycles. The summed E-state index contributed by atoms with van der Waals surface area (Å²) in [6, 6.07) is 1.65. The van der Waals surface area contributed by atoms with Crippen LogP contribution < -0.4 is 10.6 Å². The fraction of sp³-hybridized carbons (Fsp3) is 0.455. The predicted octanol–water partition coefficient (Wildman–Crippen LogP) is 4.89. The van der Waals surface area contributed by atoms with Crippen LogP contribution >= 0.6 is 11.6 Å². The number of ether oxygens (including phenoxy) is 1. The Hall–Kier alpha value is -2.74. The number of alkyl carbamates (subject to hydrolysis) is 1. The average Bonchev–Trinajstić information content (AvgIpc) is 2.70. The molecule has 0 aliphatic heterocycles. The van der Waals surface area contributed by atoms with E-state index < -0.39 is 11.9 Å². The summed E-state index contributed by atoms with van der Waals surface area (Å²) in [5, 5.41) is 6.52. The lowest BCUT2D eigenvalue weighted by Crippen LogP contribution is -2.42. The van der Waals surface area contributed by atoms with Gasteiger partial charge in [0.15, 0.2) is 17.5 Å². The van der Waals surface area contributed by atoms with Gasteiger partial charge in [-0.2, -0.15) is 0 Å². The summed E-state index contributed by atoms with van der Waals surface area (Å²) in [5.41, 5.74) is 1.94. The first-order valence-electron chi connectivity index (χ1n) is 10.3. The van der Waals surface area contributed by atoms with Crippen molar-refractivity contribution in [2.45, 2.75) is 64.6 Å². The van der Waals surface area contributed by atoms with E-state index in [9.17, 15) is 9.18 Å². The third-order valence-corrected chi connectivity index (χ3v) is 5.28. The number of nitrogens with one attached hydrogen (secondary N) is 2. The molecule has 0 radical (unpaired) electrons. The molecule has 31 heavy (non-hydrogen) atoms. The molecule has 1 fully saturated rings. The summed E-state index contributed by atoms with van der Waals surface area (Å²) < 4.78 is 19.6. The molecule has 2 aromatic rings. The number of hydrogen-bond donors (Lipinski definition) is 2. The highest BCUT2D eigenvalue weighted by Crippen LogP contribution is 2.27. The number of carbonyl (C=O) groups excluding carboxylic acids is 1. The molecule has 0 spiro atoms. The van der Waals surface area contributed by atoms with Crippen LogP contribution in [0.1, 0.15) is 56.6 Å². The number of amides is 1. The van der Waals surface area contributed by atoms with Gasteiger partial charge in [-0.05, 0) is 52.5 Å². The minimum Gasteiger partial charge on any atom is -0.447 e. The molecule has 1 unspecified atom stereocenters. The Kier molecular flexibility index (Phi) is 7.43. The number of anilines is 1. The van der Waals surface area contributed by atoms with Crippen LogP contribution in [0, 0.1) is 12.7 Å². The number of rotatable bonds is 6. The molecule has 166 valence electrons. The second kappa shape index (κ2) is 10.0. The van der Waals surface area contributed by atoms with Gasteiger partial charge < -0.3 is 15.4 Å². The quantitative estimate of drug-likeness (QED) is 0.655. The average molecular weight is 448 g/mol. The Balaban J connectivity index is 1.71. The molecule has 1 aliphatic rings. The number of nitrogens with zero attached hydrogens (tertiary/aromatic N) is 3. The van der Waals surface area contributed by atoms with Crippen molar-refractivity contribution in [3.05, 3.63) is 53.0 Å². The largest absolute Gasteiger partial charge is 0.447 e. The highest BCUT2D eigenvalue weighted by Gasteiger charge is 2.25. The van der Waals surface area contributed by atoms with Crippen LogP contribution in [0.3, 0.4) is 0 Å². The number of pyridine rings is 1. The summed E-state index contributed by atoms with van der Waals surface area (Å²) in [4.78, 5) is 24.6. The lowest BCUT2D eigenvalue weighted by Gasteiger charge is -2.30. The second-order valence-electron chi connectivity index (χ2n) is 7.96. The van der Waals surface area contributed by atoms with Gasteiger partial charge in [-0.25, -0.2) is 19.2 Å². The molecular formula is C22H27ClFN5O2. The molecule has 2 atom stereocenters. The SMILES string of the molecule is C=C(c1ncc(F)c(N[C@@H]2CCCC(NC(=O)OC(C)C)C2)n1)c1cc(Cl)cnc1C. The van der Waals surface area contributed by atoms with Gasteiger partial charge in [0.2, 0.25) is 0 Å². The van der Waals surface area contributed by atoms with Crippen LogP contribution in [0.2, 0.25) is 5.02 Å². The maximum Gasteiger partial charge on any atom is 0.407 e. The first-order chi connectivity index (χ1) is 14.7. The first-order valence-corrected chi connectivity index (χ1v) is 10.7. The predicted molar refractivity (Wildman–Crippen MR) is 119 cm³/mol. The molecule has 3 rings (SSSR count). The van der Waals surface area contributed by atoms with E-state index in [-0.39, 0.29) is 24.0 Å². The fourth-order valence-corrected chi connectivity index (χ4v) is 3.77. The van der Waals surface area contributed by atoms with Crippen molar-refractivity contribution in [2.24, 2.45) is 0 Å². The van der Waals surface area contributed by atoms with Crippen LogP contribution in [-0.4, -0.2) is 39.2 Å². The van der Waals surface area contributed by atoms with E-state index in [0.717, 1.165) is 31.2 Å². The highest BCUT2D eigenvalue weighted by molar-refractivity contribution is 6.30. The molecule has 7 nitrogen and oxygen atoms in total. The molecule has 2 heterocycles. The molecule has 1 amide bonds. The van der Waals surface area contributed by atoms with E-state index in [1.807, 2.05) is 6.92 Å². The zero-order valence-corrected chi connectivity index (χ0v) is 18.7. The van der Waals surface area contributed by atoms with Crippen LogP contribution in [0.5, 0.6) is 0 Å². The number of hydrogen-bond acceptors (Lipinski definition) is 6. The second-order valence-corrected chi connectivity index (χ2v) is 8.39. The standard InChI is InChI=1S/C22H27ClFN5O2/c1-12(2)31-22(30)28-17-7-5-6-16(9-17)27-21-19(24)11-26-20(29-21)13(3)18-8-15(23)10-25-14(18)4/h8,10-12,16-17H,3,5-7,9H2,1-2,4H3,(H,28,30)(H,26,27,29)/t16-,17?/m1/s1. The van der Waals surface area contributed by atoms with Crippen molar-refractivity contribution in [1.82, 2.24) is 20.3 Å². The molecule has 9 heteroatoms. The number of carbonyl (C=O) groups is 1. The van der Waals surface area contributed by atoms with Crippen LogP contribution in [0.15, 0.2) is 25.0 Å². The Morgan fingerprint density at radius 1 is 1.29 bits per heavy atom. The third-order valence-electron chi connectivity index (χ3n) is 5.07. The fourth-order valence-electron chi connectivity index (χ4n) is 3.61. The van der Waals surface area contributed by atoms with Crippen LogP contribution in [-0.2, 0) is 4.74 Å². The lowest BCUT2D eigenvalue weighted by molar-refractivity contribution is 0.110.